The van der Waals surface area contributed by atoms with Crippen LogP contribution in [0.2, 0.25) is 5.02 Å². The van der Waals surface area contributed by atoms with Gasteiger partial charge in [-0.1, -0.05) is 61.8 Å². The van der Waals surface area contributed by atoms with E-state index >= 15 is 0 Å². The van der Waals surface area contributed by atoms with Crippen molar-refractivity contribution in [2.24, 2.45) is 5.92 Å². The van der Waals surface area contributed by atoms with E-state index in [1.807, 2.05) is 36.6 Å². The first-order valence-electron chi connectivity index (χ1n) is 14.9. The van der Waals surface area contributed by atoms with Gasteiger partial charge in [-0.15, -0.1) is 0 Å². The number of aromatic hydroxyl groups is 1. The van der Waals surface area contributed by atoms with Gasteiger partial charge in [0.25, 0.3) is 0 Å². The third-order valence-electron chi connectivity index (χ3n) is 7.43. The number of carbonyl (C=O) groups is 5. The molecule has 0 spiro atoms. The van der Waals surface area contributed by atoms with E-state index < -0.39 is 53.7 Å². The van der Waals surface area contributed by atoms with Crippen LogP contribution in [0.1, 0.15) is 38.3 Å². The van der Waals surface area contributed by atoms with Crippen molar-refractivity contribution in [3.8, 4) is 5.75 Å². The van der Waals surface area contributed by atoms with Gasteiger partial charge in [0.2, 0.25) is 29.5 Å². The Morgan fingerprint density at radius 1 is 0.978 bits per heavy atom. The molecule has 5 N–H and O–H groups in total. The number of amides is 5. The van der Waals surface area contributed by atoms with E-state index in [-0.39, 0.29) is 36.2 Å². The topological polar surface area (TPSA) is 157 Å². The van der Waals surface area contributed by atoms with Crippen LogP contribution < -0.4 is 21.3 Å². The minimum absolute atomic E-state index is 0.0335. The van der Waals surface area contributed by atoms with Gasteiger partial charge in [-0.05, 0) is 61.0 Å². The van der Waals surface area contributed by atoms with E-state index in [4.69, 9.17) is 11.6 Å². The van der Waals surface area contributed by atoms with Crippen molar-refractivity contribution in [2.45, 2.75) is 64.2 Å². The van der Waals surface area contributed by atoms with Crippen LogP contribution in [0.5, 0.6) is 5.75 Å². The first-order valence-corrected chi connectivity index (χ1v) is 16.6. The molecule has 0 bridgehead atoms. The molecular weight excluding hydrogens is 618 g/mol. The van der Waals surface area contributed by atoms with Gasteiger partial charge < -0.3 is 31.3 Å². The lowest BCUT2D eigenvalue weighted by Crippen LogP contribution is -2.57. The highest BCUT2D eigenvalue weighted by Gasteiger charge is 2.32. The molecule has 0 aromatic heterocycles. The van der Waals surface area contributed by atoms with E-state index in [1.54, 1.807) is 26.8 Å². The molecule has 0 unspecified atom stereocenters. The van der Waals surface area contributed by atoms with Crippen molar-refractivity contribution < 1.29 is 29.1 Å². The molecular formula is C32H42ClN5O6S. The normalized spacial score (nSPS) is 22.0. The number of benzene rings is 2. The SMILES string of the molecule is CSCC[C@@H]1NC(=O)[C@H](C(C)C)NC(=O)CN(C(=O)Cc2ccc(O)c(Cl)c2)C[C@@H](Cc2ccccc2)NC(=O)[C@H](C)NC1=O. The number of halogens is 1. The smallest absolute Gasteiger partial charge is 0.243 e. The Morgan fingerprint density at radius 2 is 1.69 bits per heavy atom. The number of thioether (sulfide) groups is 1. The maximum absolute atomic E-state index is 13.7. The highest BCUT2D eigenvalue weighted by atomic mass is 35.5. The molecule has 11 nitrogen and oxygen atoms in total. The lowest BCUT2D eigenvalue weighted by molar-refractivity contribution is -0.137. The molecule has 2 aromatic carbocycles. The van der Waals surface area contributed by atoms with Gasteiger partial charge in [0.05, 0.1) is 24.0 Å². The van der Waals surface area contributed by atoms with Gasteiger partial charge in [-0.3, -0.25) is 24.0 Å². The molecule has 1 aliphatic heterocycles. The Bertz CT molecular complexity index is 1360. The number of hydrogen-bond acceptors (Lipinski definition) is 7. The summed E-state index contributed by atoms with van der Waals surface area (Å²) < 4.78 is 0. The van der Waals surface area contributed by atoms with Crippen molar-refractivity contribution in [1.82, 2.24) is 26.2 Å². The molecule has 1 heterocycles. The third kappa shape index (κ3) is 11.0. The molecule has 0 radical (unpaired) electrons. The largest absolute Gasteiger partial charge is 0.506 e. The highest BCUT2D eigenvalue weighted by molar-refractivity contribution is 7.98. The second-order valence-electron chi connectivity index (χ2n) is 11.5. The summed E-state index contributed by atoms with van der Waals surface area (Å²) in [6, 6.07) is 10.3. The van der Waals surface area contributed by atoms with Crippen molar-refractivity contribution >= 4 is 52.9 Å². The van der Waals surface area contributed by atoms with Crippen molar-refractivity contribution in [3.63, 3.8) is 0 Å². The van der Waals surface area contributed by atoms with E-state index in [0.717, 1.165) is 5.56 Å². The van der Waals surface area contributed by atoms with E-state index in [9.17, 15) is 29.1 Å². The fraction of sp³-hybridized carbons (Fsp3) is 0.469. The number of rotatable bonds is 8. The Labute approximate surface area is 273 Å². The minimum atomic E-state index is -0.975. The van der Waals surface area contributed by atoms with Gasteiger partial charge in [0.15, 0.2) is 0 Å². The molecule has 1 saturated heterocycles. The minimum Gasteiger partial charge on any atom is -0.506 e. The van der Waals surface area contributed by atoms with Gasteiger partial charge in [0.1, 0.15) is 23.9 Å². The monoisotopic (exact) mass is 659 g/mol. The highest BCUT2D eigenvalue weighted by Crippen LogP contribution is 2.24. The molecule has 1 fully saturated rings. The Hall–Kier alpha value is -3.77. The van der Waals surface area contributed by atoms with Crippen LogP contribution in [-0.4, -0.2) is 88.8 Å². The standard InChI is InChI=1S/C32H42ClN5O6S/c1-19(2)29-32(44)36-25(12-13-45-4)31(43)34-20(3)30(42)35-23(14-21-8-6-5-7-9-21)17-38(18-27(40)37-29)28(41)16-22-10-11-26(39)24(33)15-22/h5-11,15,19-20,23,25,29,39H,12-14,16-18H2,1-4H3,(H,34,43)(H,35,42)(H,36,44)(H,37,40)/t20-,23+,25-,29-/m0/s1. The van der Waals surface area contributed by atoms with Crippen molar-refractivity contribution in [3.05, 3.63) is 64.7 Å². The van der Waals surface area contributed by atoms with Crippen LogP contribution in [0.3, 0.4) is 0 Å². The number of hydrogen-bond donors (Lipinski definition) is 5. The predicted octanol–water partition coefficient (Wildman–Crippen LogP) is 2.04. The Morgan fingerprint density at radius 3 is 2.33 bits per heavy atom. The second-order valence-corrected chi connectivity index (χ2v) is 12.9. The Kier molecular flexibility index (Phi) is 13.5. The van der Waals surface area contributed by atoms with Crippen LogP contribution >= 0.6 is 23.4 Å². The number of carbonyl (C=O) groups excluding carboxylic acids is 5. The average molecular weight is 660 g/mol. The van der Waals surface area contributed by atoms with E-state index in [2.05, 4.69) is 21.3 Å². The van der Waals surface area contributed by atoms with Crippen LogP contribution in [-0.2, 0) is 36.8 Å². The zero-order chi connectivity index (χ0) is 33.1. The quantitative estimate of drug-likeness (QED) is 0.290. The first-order chi connectivity index (χ1) is 21.4. The first kappa shape index (κ1) is 35.7. The predicted molar refractivity (Wildman–Crippen MR) is 175 cm³/mol. The number of nitrogens with zero attached hydrogens (tertiary/aromatic N) is 1. The molecule has 4 atom stereocenters. The molecule has 5 amide bonds. The molecule has 0 aliphatic carbocycles. The molecule has 244 valence electrons. The summed E-state index contributed by atoms with van der Waals surface area (Å²) in [7, 11) is 0. The molecule has 13 heteroatoms. The number of phenols is 1. The molecule has 2 aromatic rings. The summed E-state index contributed by atoms with van der Waals surface area (Å²) in [6.45, 7) is 4.68. The van der Waals surface area contributed by atoms with Crippen LogP contribution in [0, 0.1) is 5.92 Å². The number of phenolic OH excluding ortho intramolecular Hbond substituents is 1. The van der Waals surface area contributed by atoms with Gasteiger partial charge in [0, 0.05) is 6.54 Å². The zero-order valence-corrected chi connectivity index (χ0v) is 27.5. The molecule has 0 saturated carbocycles. The average Bonchev–Trinajstić information content (AvgIpc) is 2.99. The zero-order valence-electron chi connectivity index (χ0n) is 26.0. The fourth-order valence-electron chi connectivity index (χ4n) is 4.93. The van der Waals surface area contributed by atoms with Crippen molar-refractivity contribution in [1.29, 1.82) is 0 Å². The van der Waals surface area contributed by atoms with Crippen molar-refractivity contribution in [2.75, 3.05) is 25.1 Å². The van der Waals surface area contributed by atoms with Crippen LogP contribution in [0.25, 0.3) is 0 Å². The number of nitrogens with one attached hydrogen (secondary N) is 4. The van der Waals surface area contributed by atoms with Crippen LogP contribution in [0.15, 0.2) is 48.5 Å². The summed E-state index contributed by atoms with van der Waals surface area (Å²) in [5, 5.41) is 21.1. The molecule has 1 aliphatic rings. The fourth-order valence-corrected chi connectivity index (χ4v) is 5.60. The lowest BCUT2D eigenvalue weighted by atomic mass is 10.0. The van der Waals surface area contributed by atoms with Gasteiger partial charge in [-0.25, -0.2) is 0 Å². The third-order valence-corrected chi connectivity index (χ3v) is 8.37. The Balaban J connectivity index is 1.99. The van der Waals surface area contributed by atoms with Crippen LogP contribution in [0.4, 0.5) is 0 Å². The lowest BCUT2D eigenvalue weighted by Gasteiger charge is -2.30. The maximum Gasteiger partial charge on any atom is 0.243 e. The summed E-state index contributed by atoms with van der Waals surface area (Å²) in [4.78, 5) is 68.5. The summed E-state index contributed by atoms with van der Waals surface area (Å²) in [6.07, 6.45) is 2.42. The summed E-state index contributed by atoms with van der Waals surface area (Å²) in [5.41, 5.74) is 1.42. The summed E-state index contributed by atoms with van der Waals surface area (Å²) >= 11 is 7.58. The van der Waals surface area contributed by atoms with Gasteiger partial charge >= 0.3 is 0 Å². The molecule has 45 heavy (non-hydrogen) atoms. The van der Waals surface area contributed by atoms with E-state index in [0.29, 0.717) is 24.2 Å². The van der Waals surface area contributed by atoms with Gasteiger partial charge in [-0.2, -0.15) is 11.8 Å². The second kappa shape index (κ2) is 17.1. The summed E-state index contributed by atoms with van der Waals surface area (Å²) in [5.74, 6) is -2.38. The van der Waals surface area contributed by atoms with E-state index in [1.165, 1.54) is 28.8 Å². The maximum atomic E-state index is 13.7. The molecule has 3 rings (SSSR count).